The SMILES string of the molecule is O=C(Cc1cc(Br)cs1)C(O)C1CC1. The molecule has 4 heteroatoms. The van der Waals surface area contributed by atoms with E-state index in [9.17, 15) is 9.90 Å². The number of carbonyl (C=O) groups excluding carboxylic acids is 1. The number of ketones is 1. The lowest BCUT2D eigenvalue weighted by Gasteiger charge is -2.05. The van der Waals surface area contributed by atoms with Crippen molar-refractivity contribution in [2.45, 2.75) is 25.4 Å². The Morgan fingerprint density at radius 1 is 1.71 bits per heavy atom. The average Bonchev–Trinajstić information content (AvgIpc) is 2.91. The minimum absolute atomic E-state index is 0.0400. The van der Waals surface area contributed by atoms with Crippen LogP contribution >= 0.6 is 27.3 Å². The summed E-state index contributed by atoms with van der Waals surface area (Å²) in [5, 5.41) is 11.5. The minimum atomic E-state index is -0.726. The van der Waals surface area contributed by atoms with Gasteiger partial charge in [0, 0.05) is 21.2 Å². The van der Waals surface area contributed by atoms with E-state index in [2.05, 4.69) is 15.9 Å². The molecule has 1 aromatic rings. The van der Waals surface area contributed by atoms with Crippen molar-refractivity contribution in [1.82, 2.24) is 0 Å². The van der Waals surface area contributed by atoms with Crippen molar-refractivity contribution in [3.05, 3.63) is 20.8 Å². The van der Waals surface area contributed by atoms with Crippen molar-refractivity contribution in [3.8, 4) is 0 Å². The quantitative estimate of drug-likeness (QED) is 0.916. The van der Waals surface area contributed by atoms with Crippen molar-refractivity contribution in [2.75, 3.05) is 0 Å². The van der Waals surface area contributed by atoms with Gasteiger partial charge < -0.3 is 5.11 Å². The smallest absolute Gasteiger partial charge is 0.166 e. The summed E-state index contributed by atoms with van der Waals surface area (Å²) in [6.45, 7) is 0. The first-order chi connectivity index (χ1) is 6.66. The Morgan fingerprint density at radius 2 is 2.43 bits per heavy atom. The maximum atomic E-state index is 11.5. The third kappa shape index (κ3) is 2.43. The molecule has 14 heavy (non-hydrogen) atoms. The molecule has 1 N–H and O–H groups in total. The fraction of sp³-hybridized carbons (Fsp3) is 0.500. The molecule has 1 heterocycles. The molecule has 1 saturated carbocycles. The molecule has 0 aliphatic heterocycles. The molecule has 1 atom stereocenters. The first-order valence-electron chi connectivity index (χ1n) is 4.60. The molecule has 1 unspecified atom stereocenters. The number of Topliss-reactive ketones (excluding diaryl/α,β-unsaturated/α-hetero) is 1. The second-order valence-corrected chi connectivity index (χ2v) is 5.57. The van der Waals surface area contributed by atoms with Crippen LogP contribution < -0.4 is 0 Å². The van der Waals surface area contributed by atoms with Gasteiger partial charge in [-0.2, -0.15) is 0 Å². The van der Waals surface area contributed by atoms with Crippen LogP contribution in [0.5, 0.6) is 0 Å². The van der Waals surface area contributed by atoms with Crippen molar-refractivity contribution in [2.24, 2.45) is 5.92 Å². The molecule has 1 fully saturated rings. The van der Waals surface area contributed by atoms with Gasteiger partial charge in [-0.05, 0) is 40.8 Å². The Morgan fingerprint density at radius 3 is 2.93 bits per heavy atom. The zero-order valence-corrected chi connectivity index (χ0v) is 9.97. The number of halogens is 1. The summed E-state index contributed by atoms with van der Waals surface area (Å²) in [6, 6.07) is 1.93. The van der Waals surface area contributed by atoms with Crippen molar-refractivity contribution >= 4 is 33.0 Å². The molecule has 0 amide bonds. The number of thiophene rings is 1. The van der Waals surface area contributed by atoms with Crippen LogP contribution in [0.4, 0.5) is 0 Å². The van der Waals surface area contributed by atoms with Crippen LogP contribution in [0, 0.1) is 5.92 Å². The summed E-state index contributed by atoms with van der Waals surface area (Å²) in [7, 11) is 0. The van der Waals surface area contributed by atoms with E-state index in [-0.39, 0.29) is 11.7 Å². The highest BCUT2D eigenvalue weighted by Crippen LogP contribution is 2.33. The molecule has 1 aliphatic carbocycles. The second kappa shape index (κ2) is 4.13. The molecule has 0 saturated heterocycles. The van der Waals surface area contributed by atoms with Gasteiger partial charge in [0.25, 0.3) is 0 Å². The molecule has 0 bridgehead atoms. The average molecular weight is 275 g/mol. The third-order valence-electron chi connectivity index (χ3n) is 2.37. The van der Waals surface area contributed by atoms with Crippen LogP contribution in [0.3, 0.4) is 0 Å². The van der Waals surface area contributed by atoms with Crippen LogP contribution in [0.15, 0.2) is 15.9 Å². The summed E-state index contributed by atoms with van der Waals surface area (Å²) in [5.41, 5.74) is 0. The number of aliphatic hydroxyl groups is 1. The molecule has 0 aromatic carbocycles. The normalized spacial score (nSPS) is 18.1. The Hall–Kier alpha value is -0.190. The molecule has 76 valence electrons. The van der Waals surface area contributed by atoms with Crippen LogP contribution in [-0.4, -0.2) is 17.0 Å². The maximum Gasteiger partial charge on any atom is 0.166 e. The van der Waals surface area contributed by atoms with Crippen molar-refractivity contribution < 1.29 is 9.90 Å². The standard InChI is InChI=1S/C10H11BrO2S/c11-7-3-8(14-5-7)4-9(12)10(13)6-1-2-6/h3,5-6,10,13H,1-2,4H2. The summed E-state index contributed by atoms with van der Waals surface area (Å²) in [6.07, 6.45) is 1.65. The zero-order chi connectivity index (χ0) is 10.1. The van der Waals surface area contributed by atoms with E-state index in [4.69, 9.17) is 0 Å². The van der Waals surface area contributed by atoms with Gasteiger partial charge in [0.05, 0.1) is 0 Å². The number of rotatable bonds is 4. The summed E-state index contributed by atoms with van der Waals surface area (Å²) in [5.74, 6) is 0.202. The third-order valence-corrected chi connectivity index (χ3v) is 4.07. The highest BCUT2D eigenvalue weighted by Gasteiger charge is 2.34. The predicted molar refractivity (Wildman–Crippen MR) is 59.5 cm³/mol. The predicted octanol–water partition coefficient (Wildman–Crippen LogP) is 2.39. The molecular formula is C10H11BrO2S. The van der Waals surface area contributed by atoms with Crippen LogP contribution in [0.1, 0.15) is 17.7 Å². The van der Waals surface area contributed by atoms with E-state index in [0.717, 1.165) is 22.2 Å². The highest BCUT2D eigenvalue weighted by atomic mass is 79.9. The van der Waals surface area contributed by atoms with Gasteiger partial charge in [0.1, 0.15) is 6.10 Å². The van der Waals surface area contributed by atoms with Gasteiger partial charge in [-0.15, -0.1) is 11.3 Å². The summed E-state index contributed by atoms with van der Waals surface area (Å²) >= 11 is 4.89. The highest BCUT2D eigenvalue weighted by molar-refractivity contribution is 9.10. The lowest BCUT2D eigenvalue weighted by atomic mass is 10.1. The van der Waals surface area contributed by atoms with Crippen molar-refractivity contribution in [1.29, 1.82) is 0 Å². The zero-order valence-electron chi connectivity index (χ0n) is 7.57. The monoisotopic (exact) mass is 274 g/mol. The number of hydrogen-bond acceptors (Lipinski definition) is 3. The van der Waals surface area contributed by atoms with E-state index in [1.165, 1.54) is 0 Å². The van der Waals surface area contributed by atoms with Crippen LogP contribution in [-0.2, 0) is 11.2 Å². The Bertz CT molecular complexity index is 344. The number of hydrogen-bond donors (Lipinski definition) is 1. The van der Waals surface area contributed by atoms with Gasteiger partial charge in [0.2, 0.25) is 0 Å². The van der Waals surface area contributed by atoms with E-state index >= 15 is 0 Å². The first kappa shape index (κ1) is 10.3. The largest absolute Gasteiger partial charge is 0.385 e. The topological polar surface area (TPSA) is 37.3 Å². The van der Waals surface area contributed by atoms with Crippen LogP contribution in [0.2, 0.25) is 0 Å². The van der Waals surface area contributed by atoms with Crippen LogP contribution in [0.25, 0.3) is 0 Å². The Balaban J connectivity index is 1.93. The first-order valence-corrected chi connectivity index (χ1v) is 6.28. The number of carbonyl (C=O) groups is 1. The van der Waals surface area contributed by atoms with Crippen molar-refractivity contribution in [3.63, 3.8) is 0 Å². The molecular weight excluding hydrogens is 264 g/mol. The van der Waals surface area contributed by atoms with E-state index in [1.807, 2.05) is 11.4 Å². The van der Waals surface area contributed by atoms with Gasteiger partial charge >= 0.3 is 0 Å². The maximum absolute atomic E-state index is 11.5. The fourth-order valence-electron chi connectivity index (χ4n) is 1.40. The second-order valence-electron chi connectivity index (χ2n) is 3.66. The van der Waals surface area contributed by atoms with Gasteiger partial charge in [-0.3, -0.25) is 4.79 Å². The van der Waals surface area contributed by atoms with E-state index < -0.39 is 6.10 Å². The molecule has 0 spiro atoms. The fourth-order valence-corrected chi connectivity index (χ4v) is 2.86. The lowest BCUT2D eigenvalue weighted by molar-refractivity contribution is -0.127. The minimum Gasteiger partial charge on any atom is -0.385 e. The lowest BCUT2D eigenvalue weighted by Crippen LogP contribution is -2.23. The molecule has 1 aliphatic rings. The van der Waals surface area contributed by atoms with E-state index in [0.29, 0.717) is 6.42 Å². The Kier molecular flexibility index (Phi) is 3.04. The Labute approximate surface area is 95.1 Å². The summed E-state index contributed by atoms with van der Waals surface area (Å²) < 4.78 is 1.01. The summed E-state index contributed by atoms with van der Waals surface area (Å²) in [4.78, 5) is 12.6. The van der Waals surface area contributed by atoms with Gasteiger partial charge in [-0.1, -0.05) is 0 Å². The number of aliphatic hydroxyl groups excluding tert-OH is 1. The van der Waals surface area contributed by atoms with Gasteiger partial charge in [0.15, 0.2) is 5.78 Å². The molecule has 2 rings (SSSR count). The van der Waals surface area contributed by atoms with Gasteiger partial charge in [-0.25, -0.2) is 0 Å². The molecule has 1 aromatic heterocycles. The van der Waals surface area contributed by atoms with E-state index in [1.54, 1.807) is 11.3 Å². The molecule has 2 nitrogen and oxygen atoms in total. The molecule has 0 radical (unpaired) electrons.